The lowest BCUT2D eigenvalue weighted by molar-refractivity contribution is 0.170. The molecule has 0 bridgehead atoms. The van der Waals surface area contributed by atoms with Crippen LogP contribution >= 0.6 is 0 Å². The Balaban J connectivity index is 1.76. The molecule has 0 aromatic rings. The van der Waals surface area contributed by atoms with Crippen molar-refractivity contribution in [1.29, 1.82) is 5.26 Å². The van der Waals surface area contributed by atoms with E-state index in [0.29, 0.717) is 6.04 Å². The van der Waals surface area contributed by atoms with Crippen molar-refractivity contribution >= 4 is 0 Å². The minimum absolute atomic E-state index is 0.318. The molecule has 0 aromatic carbocycles. The summed E-state index contributed by atoms with van der Waals surface area (Å²) in [6.45, 7) is 7.88. The summed E-state index contributed by atoms with van der Waals surface area (Å²) in [6.07, 6.45) is 6.13. The molecule has 0 aromatic heterocycles. The molecule has 2 rings (SSSR count). The summed E-state index contributed by atoms with van der Waals surface area (Å²) in [5, 5.41) is 12.8. The molecule has 17 heavy (non-hydrogen) atoms. The molecule has 2 aliphatic rings. The van der Waals surface area contributed by atoms with Gasteiger partial charge in [0, 0.05) is 19.1 Å². The van der Waals surface area contributed by atoms with Gasteiger partial charge < -0.3 is 4.90 Å². The normalized spacial score (nSPS) is 29.6. The molecule has 0 spiro atoms. The highest BCUT2D eigenvalue weighted by atomic mass is 15.1. The molecule has 2 unspecified atom stereocenters. The van der Waals surface area contributed by atoms with Gasteiger partial charge in [0.25, 0.3) is 0 Å². The maximum atomic E-state index is 9.31. The fraction of sp³-hybridized carbons (Fsp3) is 0.929. The Labute approximate surface area is 105 Å². The fourth-order valence-electron chi connectivity index (χ4n) is 2.71. The third-order valence-electron chi connectivity index (χ3n) is 4.02. The van der Waals surface area contributed by atoms with Crippen molar-refractivity contribution in [2.24, 2.45) is 5.92 Å². The van der Waals surface area contributed by atoms with Crippen LogP contribution in [0.5, 0.6) is 0 Å². The first-order valence-electron chi connectivity index (χ1n) is 7.02. The standard InChI is InChI=1S/C14H25N3/c1-12-4-3-8-17(10-12)9-7-14(2,11-15)16-13-5-6-13/h12-13,16H,3-10H2,1-2H3. The second kappa shape index (κ2) is 5.37. The van der Waals surface area contributed by atoms with Gasteiger partial charge in [0.1, 0.15) is 5.54 Å². The van der Waals surface area contributed by atoms with Crippen LogP contribution in [0, 0.1) is 17.2 Å². The second-order valence-corrected chi connectivity index (χ2v) is 6.16. The smallest absolute Gasteiger partial charge is 0.105 e. The Hall–Kier alpha value is -0.590. The van der Waals surface area contributed by atoms with Crippen LogP contribution < -0.4 is 5.32 Å². The maximum Gasteiger partial charge on any atom is 0.105 e. The second-order valence-electron chi connectivity index (χ2n) is 6.16. The van der Waals surface area contributed by atoms with Crippen LogP contribution in [0.3, 0.4) is 0 Å². The summed E-state index contributed by atoms with van der Waals surface area (Å²) >= 11 is 0. The molecule has 1 saturated carbocycles. The Morgan fingerprint density at radius 3 is 2.76 bits per heavy atom. The largest absolute Gasteiger partial charge is 0.303 e. The highest BCUT2D eigenvalue weighted by Gasteiger charge is 2.32. The van der Waals surface area contributed by atoms with Gasteiger partial charge in [-0.15, -0.1) is 0 Å². The number of nitrogens with one attached hydrogen (secondary N) is 1. The van der Waals surface area contributed by atoms with Crippen molar-refractivity contribution in [2.75, 3.05) is 19.6 Å². The summed E-state index contributed by atoms with van der Waals surface area (Å²) in [5.41, 5.74) is -0.318. The SMILES string of the molecule is CC1CCCN(CCC(C)(C#N)NC2CC2)C1. The van der Waals surface area contributed by atoms with Gasteiger partial charge in [0.15, 0.2) is 0 Å². The van der Waals surface area contributed by atoms with E-state index in [-0.39, 0.29) is 5.54 Å². The van der Waals surface area contributed by atoms with Crippen LogP contribution in [-0.2, 0) is 0 Å². The van der Waals surface area contributed by atoms with E-state index in [1.807, 2.05) is 0 Å². The molecule has 1 saturated heterocycles. The van der Waals surface area contributed by atoms with Crippen LogP contribution in [0.15, 0.2) is 0 Å². The van der Waals surface area contributed by atoms with Crippen molar-refractivity contribution in [3.63, 3.8) is 0 Å². The molecule has 1 aliphatic carbocycles. The number of nitrogens with zero attached hydrogens (tertiary/aromatic N) is 2. The first-order chi connectivity index (χ1) is 8.11. The average Bonchev–Trinajstić information content (AvgIpc) is 3.11. The third kappa shape index (κ3) is 3.97. The fourth-order valence-corrected chi connectivity index (χ4v) is 2.71. The van der Waals surface area contributed by atoms with Crippen molar-refractivity contribution in [3.05, 3.63) is 0 Å². The molecule has 2 fully saturated rings. The minimum Gasteiger partial charge on any atom is -0.303 e. The molecule has 1 heterocycles. The van der Waals surface area contributed by atoms with Gasteiger partial charge in [-0.25, -0.2) is 0 Å². The van der Waals surface area contributed by atoms with Crippen molar-refractivity contribution < 1.29 is 0 Å². The molecular weight excluding hydrogens is 210 g/mol. The first kappa shape index (κ1) is 12.9. The number of piperidine rings is 1. The monoisotopic (exact) mass is 235 g/mol. The quantitative estimate of drug-likeness (QED) is 0.793. The van der Waals surface area contributed by atoms with Gasteiger partial charge in [-0.3, -0.25) is 5.32 Å². The van der Waals surface area contributed by atoms with Crippen LogP contribution in [-0.4, -0.2) is 36.1 Å². The van der Waals surface area contributed by atoms with E-state index in [0.717, 1.165) is 18.9 Å². The molecule has 1 aliphatic heterocycles. The van der Waals surface area contributed by atoms with Crippen molar-refractivity contribution in [1.82, 2.24) is 10.2 Å². The van der Waals surface area contributed by atoms with E-state index < -0.39 is 0 Å². The van der Waals surface area contributed by atoms with E-state index in [2.05, 4.69) is 30.1 Å². The lowest BCUT2D eigenvalue weighted by atomic mass is 9.96. The summed E-state index contributed by atoms with van der Waals surface area (Å²) in [5.74, 6) is 0.827. The topological polar surface area (TPSA) is 39.1 Å². The predicted octanol–water partition coefficient (Wildman–Crippen LogP) is 2.14. The van der Waals surface area contributed by atoms with E-state index in [1.165, 1.54) is 38.8 Å². The van der Waals surface area contributed by atoms with Gasteiger partial charge in [0.2, 0.25) is 0 Å². The highest BCUT2D eigenvalue weighted by Crippen LogP contribution is 2.24. The van der Waals surface area contributed by atoms with Gasteiger partial charge in [-0.05, 0) is 51.5 Å². The zero-order valence-corrected chi connectivity index (χ0v) is 11.2. The highest BCUT2D eigenvalue weighted by molar-refractivity contribution is 5.07. The Kier molecular flexibility index (Phi) is 4.06. The Bertz CT molecular complexity index is 292. The van der Waals surface area contributed by atoms with Crippen LogP contribution in [0.25, 0.3) is 0 Å². The molecule has 96 valence electrons. The minimum atomic E-state index is -0.318. The summed E-state index contributed by atoms with van der Waals surface area (Å²) in [4.78, 5) is 2.53. The number of rotatable bonds is 5. The number of nitriles is 1. The Morgan fingerprint density at radius 2 is 2.18 bits per heavy atom. The van der Waals surface area contributed by atoms with Crippen molar-refractivity contribution in [3.8, 4) is 6.07 Å². The van der Waals surface area contributed by atoms with E-state index >= 15 is 0 Å². The lowest BCUT2D eigenvalue weighted by Gasteiger charge is -2.33. The third-order valence-corrected chi connectivity index (χ3v) is 4.02. The van der Waals surface area contributed by atoms with Gasteiger partial charge in [-0.2, -0.15) is 5.26 Å². The first-order valence-corrected chi connectivity index (χ1v) is 7.02. The molecule has 3 heteroatoms. The summed E-state index contributed by atoms with van der Waals surface area (Å²) < 4.78 is 0. The van der Waals surface area contributed by atoms with E-state index in [9.17, 15) is 5.26 Å². The molecule has 2 atom stereocenters. The van der Waals surface area contributed by atoms with Gasteiger partial charge in [-0.1, -0.05) is 6.92 Å². The lowest BCUT2D eigenvalue weighted by Crippen LogP contribution is -2.46. The van der Waals surface area contributed by atoms with Crippen LogP contribution in [0.4, 0.5) is 0 Å². The van der Waals surface area contributed by atoms with Gasteiger partial charge in [0.05, 0.1) is 6.07 Å². The number of likely N-dealkylation sites (tertiary alicyclic amines) is 1. The molecule has 3 nitrogen and oxygen atoms in total. The molecule has 0 radical (unpaired) electrons. The maximum absolute atomic E-state index is 9.31. The Morgan fingerprint density at radius 1 is 1.41 bits per heavy atom. The van der Waals surface area contributed by atoms with Crippen LogP contribution in [0.1, 0.15) is 46.0 Å². The van der Waals surface area contributed by atoms with Crippen molar-refractivity contribution in [2.45, 2.75) is 57.5 Å². The van der Waals surface area contributed by atoms with Crippen LogP contribution in [0.2, 0.25) is 0 Å². The molecule has 0 amide bonds. The molecular formula is C14H25N3. The molecule has 1 N–H and O–H groups in total. The zero-order chi connectivity index (χ0) is 12.3. The predicted molar refractivity (Wildman–Crippen MR) is 69.6 cm³/mol. The summed E-state index contributed by atoms with van der Waals surface area (Å²) in [7, 11) is 0. The number of hydrogen-bond acceptors (Lipinski definition) is 3. The average molecular weight is 235 g/mol. The van der Waals surface area contributed by atoms with Gasteiger partial charge >= 0.3 is 0 Å². The van der Waals surface area contributed by atoms with E-state index in [1.54, 1.807) is 0 Å². The summed E-state index contributed by atoms with van der Waals surface area (Å²) in [6, 6.07) is 3.07. The number of hydrogen-bond donors (Lipinski definition) is 1. The zero-order valence-electron chi connectivity index (χ0n) is 11.2. The van der Waals surface area contributed by atoms with E-state index in [4.69, 9.17) is 0 Å².